The van der Waals surface area contributed by atoms with Gasteiger partial charge in [-0.05, 0) is 42.0 Å². The van der Waals surface area contributed by atoms with E-state index in [0.717, 1.165) is 23.3 Å². The van der Waals surface area contributed by atoms with Crippen LogP contribution in [0, 0.1) is 17.7 Å². The lowest BCUT2D eigenvalue weighted by Gasteiger charge is -2.39. The Kier molecular flexibility index (Phi) is 8.71. The van der Waals surface area contributed by atoms with Crippen LogP contribution in [0.5, 0.6) is 5.75 Å². The standard InChI is InChI=1S/C30H36FN3O4/c31-27-9-7-23(8-10-27)19-32-20-26-4-1-2-6-28(26)38-15-3-5-25-21-34(30(36)22-32)12-11-24(25)18-29(35)33-13-16-37-17-14-33/h1-10,24-25H,11-22H2/b5-3-/t24-,25-/m0/s1. The number of piperidine rings is 1. The molecule has 0 aliphatic carbocycles. The number of amides is 2. The summed E-state index contributed by atoms with van der Waals surface area (Å²) in [5.41, 5.74) is 1.95. The van der Waals surface area contributed by atoms with Gasteiger partial charge in [-0.1, -0.05) is 42.5 Å². The van der Waals surface area contributed by atoms with E-state index in [1.54, 1.807) is 12.1 Å². The number of benzene rings is 2. The number of morpholine rings is 1. The van der Waals surface area contributed by atoms with E-state index >= 15 is 0 Å². The molecule has 2 aromatic rings. The zero-order valence-electron chi connectivity index (χ0n) is 21.8. The highest BCUT2D eigenvalue weighted by Crippen LogP contribution is 2.30. The lowest BCUT2D eigenvalue weighted by molar-refractivity contribution is -0.138. The number of nitrogens with zero attached hydrogens (tertiary/aromatic N) is 3. The van der Waals surface area contributed by atoms with Crippen LogP contribution in [-0.4, -0.2) is 79.1 Å². The smallest absolute Gasteiger partial charge is 0.236 e. The van der Waals surface area contributed by atoms with Crippen molar-refractivity contribution in [2.24, 2.45) is 11.8 Å². The Morgan fingerprint density at radius 2 is 1.79 bits per heavy atom. The Labute approximate surface area is 223 Å². The van der Waals surface area contributed by atoms with Crippen LogP contribution in [-0.2, 0) is 27.4 Å². The van der Waals surface area contributed by atoms with Gasteiger partial charge in [0.05, 0.1) is 19.8 Å². The Morgan fingerprint density at radius 1 is 1.00 bits per heavy atom. The fraction of sp³-hybridized carbons (Fsp3) is 0.467. The molecule has 0 N–H and O–H groups in total. The minimum Gasteiger partial charge on any atom is -0.489 e. The monoisotopic (exact) mass is 521 g/mol. The van der Waals surface area contributed by atoms with Crippen molar-refractivity contribution in [3.05, 3.63) is 77.6 Å². The molecule has 2 fully saturated rings. The Hall–Kier alpha value is -3.23. The molecule has 2 amide bonds. The number of carbonyl (C=O) groups is 2. The summed E-state index contributed by atoms with van der Waals surface area (Å²) in [5, 5.41) is 0. The second-order valence-corrected chi connectivity index (χ2v) is 10.4. The van der Waals surface area contributed by atoms with Crippen molar-refractivity contribution >= 4 is 11.8 Å². The summed E-state index contributed by atoms with van der Waals surface area (Å²) < 4.78 is 25.0. The first-order chi connectivity index (χ1) is 18.5. The maximum Gasteiger partial charge on any atom is 0.236 e. The predicted molar refractivity (Wildman–Crippen MR) is 142 cm³/mol. The molecule has 0 spiro atoms. The fourth-order valence-corrected chi connectivity index (χ4v) is 5.59. The number of carbonyl (C=O) groups excluding carboxylic acids is 2. The van der Waals surface area contributed by atoms with Crippen LogP contribution in [0.2, 0.25) is 0 Å². The van der Waals surface area contributed by atoms with Crippen molar-refractivity contribution in [2.75, 3.05) is 52.5 Å². The third-order valence-electron chi connectivity index (χ3n) is 7.72. The zero-order chi connectivity index (χ0) is 26.3. The van der Waals surface area contributed by atoms with E-state index in [-0.39, 0.29) is 36.0 Å². The molecule has 0 saturated carbocycles. The van der Waals surface area contributed by atoms with Crippen molar-refractivity contribution in [2.45, 2.75) is 25.9 Å². The first kappa shape index (κ1) is 26.4. The molecule has 5 rings (SSSR count). The topological polar surface area (TPSA) is 62.3 Å². The quantitative estimate of drug-likeness (QED) is 0.577. The van der Waals surface area contributed by atoms with Crippen molar-refractivity contribution in [3.8, 4) is 5.75 Å². The summed E-state index contributed by atoms with van der Waals surface area (Å²) in [5.74, 6) is 1.02. The molecule has 2 bridgehead atoms. The van der Waals surface area contributed by atoms with Gasteiger partial charge in [0.1, 0.15) is 18.2 Å². The summed E-state index contributed by atoms with van der Waals surface area (Å²) in [4.78, 5) is 32.5. The molecule has 8 heteroatoms. The van der Waals surface area contributed by atoms with Gasteiger partial charge in [0.15, 0.2) is 0 Å². The molecule has 0 aromatic heterocycles. The molecule has 3 aliphatic rings. The average molecular weight is 522 g/mol. The third kappa shape index (κ3) is 6.79. The summed E-state index contributed by atoms with van der Waals surface area (Å²) >= 11 is 0. The minimum atomic E-state index is -0.276. The highest BCUT2D eigenvalue weighted by atomic mass is 19.1. The summed E-state index contributed by atoms with van der Waals surface area (Å²) in [6.45, 7) is 5.44. The molecular weight excluding hydrogens is 485 g/mol. The molecule has 0 radical (unpaired) electrons. The Balaban J connectivity index is 1.34. The second kappa shape index (κ2) is 12.5. The third-order valence-corrected chi connectivity index (χ3v) is 7.72. The zero-order valence-corrected chi connectivity index (χ0v) is 21.8. The summed E-state index contributed by atoms with van der Waals surface area (Å²) in [6.07, 6.45) is 5.43. The minimum absolute atomic E-state index is 0.0705. The van der Waals surface area contributed by atoms with E-state index in [0.29, 0.717) is 65.5 Å². The van der Waals surface area contributed by atoms with E-state index in [2.05, 4.69) is 11.0 Å². The van der Waals surface area contributed by atoms with Gasteiger partial charge in [-0.3, -0.25) is 14.5 Å². The van der Waals surface area contributed by atoms with Gasteiger partial charge >= 0.3 is 0 Å². The molecule has 2 atom stereocenters. The second-order valence-electron chi connectivity index (χ2n) is 10.4. The largest absolute Gasteiger partial charge is 0.489 e. The van der Waals surface area contributed by atoms with Gasteiger partial charge in [0.2, 0.25) is 11.8 Å². The van der Waals surface area contributed by atoms with Crippen LogP contribution >= 0.6 is 0 Å². The number of ether oxygens (including phenoxy) is 2. The first-order valence-corrected chi connectivity index (χ1v) is 13.5. The molecule has 7 nitrogen and oxygen atoms in total. The predicted octanol–water partition coefficient (Wildman–Crippen LogP) is 3.49. The lowest BCUT2D eigenvalue weighted by Crippen LogP contribution is -2.48. The number of fused-ring (bicyclic) bond motifs is 3. The van der Waals surface area contributed by atoms with E-state index in [9.17, 15) is 14.0 Å². The van der Waals surface area contributed by atoms with Gasteiger partial charge in [0, 0.05) is 51.3 Å². The van der Waals surface area contributed by atoms with Crippen LogP contribution in [0.3, 0.4) is 0 Å². The van der Waals surface area contributed by atoms with Crippen molar-refractivity contribution < 1.29 is 23.5 Å². The van der Waals surface area contributed by atoms with Crippen LogP contribution in [0.15, 0.2) is 60.7 Å². The molecule has 0 unspecified atom stereocenters. The van der Waals surface area contributed by atoms with Crippen LogP contribution in [0.4, 0.5) is 4.39 Å². The average Bonchev–Trinajstić information content (AvgIpc) is 2.94. The van der Waals surface area contributed by atoms with Gasteiger partial charge in [-0.25, -0.2) is 4.39 Å². The van der Waals surface area contributed by atoms with Crippen molar-refractivity contribution in [1.82, 2.24) is 14.7 Å². The van der Waals surface area contributed by atoms with Crippen LogP contribution in [0.1, 0.15) is 24.0 Å². The number of hydrogen-bond acceptors (Lipinski definition) is 5. The highest BCUT2D eigenvalue weighted by Gasteiger charge is 2.33. The Bertz CT molecular complexity index is 1130. The fourth-order valence-electron chi connectivity index (χ4n) is 5.59. The normalized spacial score (nSPS) is 23.9. The molecule has 3 aliphatic heterocycles. The van der Waals surface area contributed by atoms with Gasteiger partial charge in [-0.15, -0.1) is 0 Å². The molecule has 2 aromatic carbocycles. The number of hydrogen-bond donors (Lipinski definition) is 0. The van der Waals surface area contributed by atoms with E-state index < -0.39 is 0 Å². The summed E-state index contributed by atoms with van der Waals surface area (Å²) in [7, 11) is 0. The molecular formula is C30H36FN3O4. The number of para-hydroxylation sites is 1. The highest BCUT2D eigenvalue weighted by molar-refractivity contribution is 5.79. The van der Waals surface area contributed by atoms with Gasteiger partial charge in [-0.2, -0.15) is 0 Å². The van der Waals surface area contributed by atoms with Gasteiger partial charge < -0.3 is 19.3 Å². The van der Waals surface area contributed by atoms with Crippen LogP contribution in [0.25, 0.3) is 0 Å². The first-order valence-electron chi connectivity index (χ1n) is 13.5. The molecule has 202 valence electrons. The SMILES string of the molecule is O=C(C[C@@H]1CCN2C[C@@H]1/C=C\COc1ccccc1CN(Cc1ccc(F)cc1)CC2=O)N1CCOCC1. The van der Waals surface area contributed by atoms with E-state index in [4.69, 9.17) is 9.47 Å². The van der Waals surface area contributed by atoms with Gasteiger partial charge in [0.25, 0.3) is 0 Å². The van der Waals surface area contributed by atoms with E-state index in [1.807, 2.05) is 40.1 Å². The molecule has 2 saturated heterocycles. The van der Waals surface area contributed by atoms with Crippen molar-refractivity contribution in [1.29, 1.82) is 0 Å². The van der Waals surface area contributed by atoms with Crippen molar-refractivity contribution in [3.63, 3.8) is 0 Å². The Morgan fingerprint density at radius 3 is 2.61 bits per heavy atom. The molecule has 38 heavy (non-hydrogen) atoms. The maximum absolute atomic E-state index is 13.5. The maximum atomic E-state index is 13.5. The molecule has 3 heterocycles. The van der Waals surface area contributed by atoms with Crippen LogP contribution < -0.4 is 4.74 Å². The number of rotatable bonds is 4. The van der Waals surface area contributed by atoms with E-state index in [1.165, 1.54) is 12.1 Å². The number of halogens is 1. The lowest BCUT2D eigenvalue weighted by atomic mass is 9.82. The summed E-state index contributed by atoms with van der Waals surface area (Å²) in [6, 6.07) is 14.3.